The normalized spacial score (nSPS) is 10.8. The molecule has 0 saturated heterocycles. The van der Waals surface area contributed by atoms with E-state index in [0.717, 1.165) is 13.0 Å². The van der Waals surface area contributed by atoms with E-state index in [1.165, 1.54) is 4.88 Å². The summed E-state index contributed by atoms with van der Waals surface area (Å²) in [4.78, 5) is 14.8. The van der Waals surface area contributed by atoms with Crippen molar-refractivity contribution in [1.29, 1.82) is 0 Å². The van der Waals surface area contributed by atoms with Crippen molar-refractivity contribution < 1.29 is 4.79 Å². The van der Waals surface area contributed by atoms with Crippen LogP contribution in [0.5, 0.6) is 0 Å². The second-order valence-corrected chi connectivity index (χ2v) is 4.70. The lowest BCUT2D eigenvalue weighted by atomic mass is 10.1. The van der Waals surface area contributed by atoms with Crippen LogP contribution in [0.2, 0.25) is 0 Å². The number of hydrogen-bond acceptors (Lipinski definition) is 3. The first-order chi connectivity index (χ1) is 6.68. The quantitative estimate of drug-likeness (QED) is 0.719. The smallest absolute Gasteiger partial charge is 0.134 e. The van der Waals surface area contributed by atoms with Crippen molar-refractivity contribution in [3.63, 3.8) is 0 Å². The molecule has 0 radical (unpaired) electrons. The summed E-state index contributed by atoms with van der Waals surface area (Å²) in [7, 11) is 3.99. The van der Waals surface area contributed by atoms with Gasteiger partial charge in [-0.1, -0.05) is 6.07 Å². The van der Waals surface area contributed by atoms with Crippen molar-refractivity contribution in [2.24, 2.45) is 0 Å². The van der Waals surface area contributed by atoms with Crippen molar-refractivity contribution in [3.05, 3.63) is 22.4 Å². The standard InChI is InChI=1S/C11H17NOS/c1-12(2)8-7-10(13)5-6-11-4-3-9-14-11/h3-4,9H,5-8H2,1-2H3. The van der Waals surface area contributed by atoms with Gasteiger partial charge in [-0.15, -0.1) is 11.3 Å². The number of Topliss-reactive ketones (excluding diaryl/α,β-unsaturated/α-hetero) is 1. The van der Waals surface area contributed by atoms with Crippen molar-refractivity contribution in [1.82, 2.24) is 4.90 Å². The summed E-state index contributed by atoms with van der Waals surface area (Å²) in [6.07, 6.45) is 2.27. The third-order valence-electron chi connectivity index (χ3n) is 2.07. The highest BCUT2D eigenvalue weighted by molar-refractivity contribution is 7.09. The summed E-state index contributed by atoms with van der Waals surface area (Å²) in [5.74, 6) is 0.368. The second-order valence-electron chi connectivity index (χ2n) is 3.67. The van der Waals surface area contributed by atoms with E-state index in [2.05, 4.69) is 11.4 Å². The molecular formula is C11H17NOS. The molecular weight excluding hydrogens is 194 g/mol. The topological polar surface area (TPSA) is 20.3 Å². The highest BCUT2D eigenvalue weighted by atomic mass is 32.1. The number of rotatable bonds is 6. The lowest BCUT2D eigenvalue weighted by Crippen LogP contribution is -2.16. The van der Waals surface area contributed by atoms with Gasteiger partial charge in [-0.3, -0.25) is 4.79 Å². The number of hydrogen-bond donors (Lipinski definition) is 0. The van der Waals surface area contributed by atoms with Crippen LogP contribution in [-0.2, 0) is 11.2 Å². The summed E-state index contributed by atoms with van der Waals surface area (Å²) in [5, 5.41) is 2.06. The highest BCUT2D eigenvalue weighted by Crippen LogP contribution is 2.11. The number of carbonyl (C=O) groups is 1. The molecule has 0 spiro atoms. The molecule has 1 heterocycles. The van der Waals surface area contributed by atoms with Gasteiger partial charge in [0, 0.05) is 24.3 Å². The first-order valence-corrected chi connectivity index (χ1v) is 5.75. The van der Waals surface area contributed by atoms with Gasteiger partial charge in [-0.2, -0.15) is 0 Å². The Labute approximate surface area is 89.5 Å². The van der Waals surface area contributed by atoms with Crippen molar-refractivity contribution in [3.8, 4) is 0 Å². The molecule has 0 N–H and O–H groups in total. The van der Waals surface area contributed by atoms with Gasteiger partial charge in [0.05, 0.1) is 0 Å². The molecule has 0 bridgehead atoms. The Hall–Kier alpha value is -0.670. The molecule has 0 aliphatic heterocycles. The van der Waals surface area contributed by atoms with Crippen LogP contribution in [0, 0.1) is 0 Å². The summed E-state index contributed by atoms with van der Waals surface area (Å²) in [6.45, 7) is 0.864. The molecule has 0 amide bonds. The predicted molar refractivity (Wildman–Crippen MR) is 60.8 cm³/mol. The minimum absolute atomic E-state index is 0.368. The van der Waals surface area contributed by atoms with Crippen LogP contribution in [0.25, 0.3) is 0 Å². The van der Waals surface area contributed by atoms with Crippen molar-refractivity contribution in [2.75, 3.05) is 20.6 Å². The number of thiophene rings is 1. The van der Waals surface area contributed by atoms with E-state index in [1.54, 1.807) is 11.3 Å². The van der Waals surface area contributed by atoms with Crippen LogP contribution in [-0.4, -0.2) is 31.3 Å². The Morgan fingerprint density at radius 2 is 2.21 bits per heavy atom. The Morgan fingerprint density at radius 3 is 2.79 bits per heavy atom. The summed E-state index contributed by atoms with van der Waals surface area (Å²) in [6, 6.07) is 4.12. The minimum atomic E-state index is 0.368. The minimum Gasteiger partial charge on any atom is -0.309 e. The van der Waals surface area contributed by atoms with Gasteiger partial charge in [0.25, 0.3) is 0 Å². The van der Waals surface area contributed by atoms with Crippen LogP contribution in [0.4, 0.5) is 0 Å². The SMILES string of the molecule is CN(C)CCC(=O)CCc1cccs1. The maximum Gasteiger partial charge on any atom is 0.134 e. The molecule has 0 saturated carbocycles. The van der Waals surface area contributed by atoms with Gasteiger partial charge >= 0.3 is 0 Å². The third-order valence-corrected chi connectivity index (χ3v) is 3.00. The van der Waals surface area contributed by atoms with Gasteiger partial charge in [0.1, 0.15) is 5.78 Å². The Bertz CT molecular complexity index is 267. The number of nitrogens with zero attached hydrogens (tertiary/aromatic N) is 1. The van der Waals surface area contributed by atoms with Crippen LogP contribution in [0.3, 0.4) is 0 Å². The summed E-state index contributed by atoms with van der Waals surface area (Å²) in [5.41, 5.74) is 0. The lowest BCUT2D eigenvalue weighted by molar-refractivity contribution is -0.119. The average molecular weight is 211 g/mol. The maximum atomic E-state index is 11.4. The van der Waals surface area contributed by atoms with E-state index in [-0.39, 0.29) is 0 Å². The fraction of sp³-hybridized carbons (Fsp3) is 0.545. The fourth-order valence-corrected chi connectivity index (χ4v) is 1.90. The van der Waals surface area contributed by atoms with E-state index in [9.17, 15) is 4.79 Å². The highest BCUT2D eigenvalue weighted by Gasteiger charge is 2.03. The predicted octanol–water partition coefficient (Wildman–Crippen LogP) is 2.20. The molecule has 2 nitrogen and oxygen atoms in total. The van der Waals surface area contributed by atoms with Gasteiger partial charge in [-0.25, -0.2) is 0 Å². The molecule has 1 aromatic heterocycles. The van der Waals surface area contributed by atoms with Crippen LogP contribution >= 0.6 is 11.3 Å². The average Bonchev–Trinajstić information content (AvgIpc) is 2.63. The van der Waals surface area contributed by atoms with E-state index in [1.807, 2.05) is 25.1 Å². The number of carbonyl (C=O) groups excluding carboxylic acids is 1. The molecule has 78 valence electrons. The van der Waals surface area contributed by atoms with Crippen LogP contribution in [0.1, 0.15) is 17.7 Å². The van der Waals surface area contributed by atoms with E-state index >= 15 is 0 Å². The summed E-state index contributed by atoms with van der Waals surface area (Å²) >= 11 is 1.73. The first-order valence-electron chi connectivity index (χ1n) is 4.87. The van der Waals surface area contributed by atoms with E-state index in [4.69, 9.17) is 0 Å². The molecule has 0 unspecified atom stereocenters. The van der Waals surface area contributed by atoms with Crippen molar-refractivity contribution >= 4 is 17.1 Å². The lowest BCUT2D eigenvalue weighted by Gasteiger charge is -2.07. The monoisotopic (exact) mass is 211 g/mol. The van der Waals surface area contributed by atoms with E-state index < -0.39 is 0 Å². The van der Waals surface area contributed by atoms with Gasteiger partial charge in [0.2, 0.25) is 0 Å². The first kappa shape index (κ1) is 11.4. The fourth-order valence-electron chi connectivity index (χ4n) is 1.19. The maximum absolute atomic E-state index is 11.4. The van der Waals surface area contributed by atoms with Gasteiger partial charge in [-0.05, 0) is 32.0 Å². The third kappa shape index (κ3) is 4.53. The zero-order valence-corrected chi connectivity index (χ0v) is 9.64. The molecule has 0 atom stereocenters. The van der Waals surface area contributed by atoms with Crippen LogP contribution in [0.15, 0.2) is 17.5 Å². The zero-order valence-electron chi connectivity index (χ0n) is 8.82. The molecule has 1 rings (SSSR count). The molecule has 1 aromatic rings. The molecule has 3 heteroatoms. The second kappa shape index (κ2) is 5.94. The Balaban J connectivity index is 2.15. The largest absolute Gasteiger partial charge is 0.309 e. The van der Waals surface area contributed by atoms with Gasteiger partial charge in [0.15, 0.2) is 0 Å². The molecule has 0 aromatic carbocycles. The summed E-state index contributed by atoms with van der Waals surface area (Å²) < 4.78 is 0. The Morgan fingerprint density at radius 1 is 1.43 bits per heavy atom. The molecule has 0 aliphatic carbocycles. The molecule has 0 aliphatic rings. The zero-order chi connectivity index (χ0) is 10.4. The number of aryl methyl sites for hydroxylation is 1. The van der Waals surface area contributed by atoms with Crippen molar-refractivity contribution in [2.45, 2.75) is 19.3 Å². The Kier molecular flexibility index (Phi) is 4.84. The molecule has 0 fully saturated rings. The van der Waals surface area contributed by atoms with Crippen LogP contribution < -0.4 is 0 Å². The number of ketones is 1. The van der Waals surface area contributed by atoms with Gasteiger partial charge < -0.3 is 4.90 Å². The van der Waals surface area contributed by atoms with E-state index in [0.29, 0.717) is 18.6 Å². The molecule has 14 heavy (non-hydrogen) atoms.